The molecular weight excluding hydrogens is 455 g/mol. The zero-order chi connectivity index (χ0) is 22.6. The minimum absolute atomic E-state index is 0.0474. The Hall–Kier alpha value is -2.73. The summed E-state index contributed by atoms with van der Waals surface area (Å²) in [7, 11) is -4.19. The van der Waals surface area contributed by atoms with Crippen molar-refractivity contribution >= 4 is 44.3 Å². The zero-order valence-electron chi connectivity index (χ0n) is 16.0. The summed E-state index contributed by atoms with van der Waals surface area (Å²) in [5, 5.41) is 2.48. The van der Waals surface area contributed by atoms with Crippen molar-refractivity contribution in [3.05, 3.63) is 54.1 Å². The normalized spacial score (nSPS) is 14.5. The number of thioether (sulfide) groups is 1. The van der Waals surface area contributed by atoms with Crippen LogP contribution in [-0.2, 0) is 21.0 Å². The van der Waals surface area contributed by atoms with Crippen molar-refractivity contribution in [1.82, 2.24) is 4.90 Å². The van der Waals surface area contributed by atoms with E-state index < -0.39 is 27.7 Å². The lowest BCUT2D eigenvalue weighted by Crippen LogP contribution is -2.27. The Morgan fingerprint density at radius 1 is 1.10 bits per heavy atom. The second kappa shape index (κ2) is 9.18. The predicted molar refractivity (Wildman–Crippen MR) is 111 cm³/mol. The number of carbonyl (C=O) groups is 2. The van der Waals surface area contributed by atoms with Crippen LogP contribution in [0.5, 0.6) is 0 Å². The molecule has 0 saturated carbocycles. The highest BCUT2D eigenvalue weighted by Crippen LogP contribution is 2.31. The summed E-state index contributed by atoms with van der Waals surface area (Å²) in [5.41, 5.74) is -1.01. The monoisotopic (exact) mass is 473 g/mol. The van der Waals surface area contributed by atoms with Crippen LogP contribution < -0.4 is 10.0 Å². The van der Waals surface area contributed by atoms with Gasteiger partial charge in [0.1, 0.15) is 0 Å². The maximum atomic E-state index is 12.8. The Bertz CT molecular complexity index is 1090. The standard InChI is InChI=1S/C19H18F3N3O4S2/c20-19(21,22)13-3-1-5-15(11-13)24-31(28,29)16-6-2-4-14(12-16)23-17(26)7-8-25-9-10-30-18(25)27/h1-6,11-12,24H,7-10H2,(H,23,26). The van der Waals surface area contributed by atoms with Crippen LogP contribution in [0.3, 0.4) is 0 Å². The van der Waals surface area contributed by atoms with E-state index in [9.17, 15) is 31.2 Å². The molecule has 1 aliphatic heterocycles. The minimum atomic E-state index is -4.61. The molecule has 3 rings (SSSR count). The van der Waals surface area contributed by atoms with E-state index in [2.05, 4.69) is 10.0 Å². The molecule has 1 aliphatic rings. The molecule has 12 heteroatoms. The Morgan fingerprint density at radius 2 is 1.81 bits per heavy atom. The molecule has 0 bridgehead atoms. The number of carbonyl (C=O) groups excluding carboxylic acids is 2. The number of nitrogens with zero attached hydrogens (tertiary/aromatic N) is 1. The smallest absolute Gasteiger partial charge is 0.332 e. The van der Waals surface area contributed by atoms with E-state index in [1.807, 2.05) is 0 Å². The van der Waals surface area contributed by atoms with Crippen molar-refractivity contribution in [2.45, 2.75) is 17.5 Å². The number of anilines is 2. The van der Waals surface area contributed by atoms with Crippen molar-refractivity contribution in [3.63, 3.8) is 0 Å². The zero-order valence-corrected chi connectivity index (χ0v) is 17.6. The molecule has 7 nitrogen and oxygen atoms in total. The van der Waals surface area contributed by atoms with Crippen molar-refractivity contribution in [3.8, 4) is 0 Å². The summed E-state index contributed by atoms with van der Waals surface area (Å²) in [6.07, 6.45) is -4.56. The summed E-state index contributed by atoms with van der Waals surface area (Å²) in [6, 6.07) is 9.17. The van der Waals surface area contributed by atoms with Crippen LogP contribution >= 0.6 is 11.8 Å². The minimum Gasteiger partial charge on any atom is -0.332 e. The fourth-order valence-electron chi connectivity index (χ4n) is 2.80. The molecular formula is C19H18F3N3O4S2. The quantitative estimate of drug-likeness (QED) is 0.634. The molecule has 2 aromatic carbocycles. The molecule has 0 spiro atoms. The SMILES string of the molecule is O=C(CCN1CCSC1=O)Nc1cccc(S(=O)(=O)Nc2cccc(C(F)(F)F)c2)c1. The van der Waals surface area contributed by atoms with Gasteiger partial charge in [-0.15, -0.1) is 0 Å². The van der Waals surface area contributed by atoms with Gasteiger partial charge in [0.15, 0.2) is 0 Å². The highest BCUT2D eigenvalue weighted by molar-refractivity contribution is 8.13. The predicted octanol–water partition coefficient (Wildman–Crippen LogP) is 4.00. The van der Waals surface area contributed by atoms with Crippen LogP contribution in [0.1, 0.15) is 12.0 Å². The average molecular weight is 473 g/mol. The lowest BCUT2D eigenvalue weighted by atomic mass is 10.2. The van der Waals surface area contributed by atoms with E-state index in [0.717, 1.165) is 12.1 Å². The van der Waals surface area contributed by atoms with Crippen molar-refractivity contribution in [2.75, 3.05) is 28.9 Å². The van der Waals surface area contributed by atoms with Gasteiger partial charge in [-0.25, -0.2) is 8.42 Å². The molecule has 2 aromatic rings. The number of sulfonamides is 1. The largest absolute Gasteiger partial charge is 0.416 e. The molecule has 1 heterocycles. The van der Waals surface area contributed by atoms with Gasteiger partial charge in [-0.05, 0) is 36.4 Å². The fraction of sp³-hybridized carbons (Fsp3) is 0.263. The molecule has 1 fully saturated rings. The van der Waals surface area contributed by atoms with Gasteiger partial charge in [-0.2, -0.15) is 13.2 Å². The van der Waals surface area contributed by atoms with Crippen molar-refractivity contribution in [1.29, 1.82) is 0 Å². The number of rotatable bonds is 7. The van der Waals surface area contributed by atoms with Crippen LogP contribution in [0.2, 0.25) is 0 Å². The first-order chi connectivity index (χ1) is 14.5. The number of amides is 2. The van der Waals surface area contributed by atoms with Gasteiger partial charge in [0.2, 0.25) is 5.91 Å². The number of hydrogen-bond donors (Lipinski definition) is 2. The first kappa shape index (κ1) is 22.9. The van der Waals surface area contributed by atoms with E-state index >= 15 is 0 Å². The Morgan fingerprint density at radius 3 is 2.48 bits per heavy atom. The molecule has 166 valence electrons. The number of halogens is 3. The molecule has 0 aromatic heterocycles. The molecule has 1 saturated heterocycles. The highest BCUT2D eigenvalue weighted by Gasteiger charge is 2.30. The molecule has 2 N–H and O–H groups in total. The summed E-state index contributed by atoms with van der Waals surface area (Å²) in [5.74, 6) is 0.282. The van der Waals surface area contributed by atoms with Gasteiger partial charge >= 0.3 is 6.18 Å². The van der Waals surface area contributed by atoms with Gasteiger partial charge in [0, 0.05) is 36.6 Å². The number of benzene rings is 2. The number of hydrogen-bond acceptors (Lipinski definition) is 5. The highest BCUT2D eigenvalue weighted by atomic mass is 32.2. The molecule has 0 atom stereocenters. The maximum Gasteiger partial charge on any atom is 0.416 e. The van der Waals surface area contributed by atoms with Crippen LogP contribution in [0.25, 0.3) is 0 Å². The third-order valence-corrected chi connectivity index (χ3v) is 6.59. The van der Waals surface area contributed by atoms with Crippen LogP contribution in [-0.4, -0.2) is 43.3 Å². The fourth-order valence-corrected chi connectivity index (χ4v) is 4.75. The number of nitrogens with one attached hydrogen (secondary N) is 2. The van der Waals surface area contributed by atoms with Gasteiger partial charge in [0.25, 0.3) is 15.3 Å². The summed E-state index contributed by atoms with van der Waals surface area (Å²) < 4.78 is 65.8. The van der Waals surface area contributed by atoms with Crippen molar-refractivity contribution < 1.29 is 31.2 Å². The van der Waals surface area contributed by atoms with E-state index in [1.165, 1.54) is 42.1 Å². The first-order valence-electron chi connectivity index (χ1n) is 9.06. The Labute approximate surface area is 181 Å². The molecule has 0 unspecified atom stereocenters. The van der Waals surface area contributed by atoms with Crippen LogP contribution in [0.15, 0.2) is 53.4 Å². The topological polar surface area (TPSA) is 95.6 Å². The second-order valence-corrected chi connectivity index (χ2v) is 9.34. The van der Waals surface area contributed by atoms with E-state index in [4.69, 9.17) is 0 Å². The summed E-state index contributed by atoms with van der Waals surface area (Å²) >= 11 is 1.19. The van der Waals surface area contributed by atoms with E-state index in [-0.39, 0.29) is 34.5 Å². The maximum absolute atomic E-state index is 12.8. The van der Waals surface area contributed by atoms with Gasteiger partial charge in [0.05, 0.1) is 10.5 Å². The average Bonchev–Trinajstić information content (AvgIpc) is 3.11. The van der Waals surface area contributed by atoms with E-state index in [1.54, 1.807) is 4.90 Å². The van der Waals surface area contributed by atoms with Crippen LogP contribution in [0, 0.1) is 0 Å². The molecule has 31 heavy (non-hydrogen) atoms. The van der Waals surface area contributed by atoms with Gasteiger partial charge in [-0.1, -0.05) is 23.9 Å². The summed E-state index contributed by atoms with van der Waals surface area (Å²) in [6.45, 7) is 0.832. The Kier molecular flexibility index (Phi) is 6.80. The molecule has 2 amide bonds. The third kappa shape index (κ3) is 6.14. The first-order valence-corrected chi connectivity index (χ1v) is 11.5. The number of alkyl halides is 3. The van der Waals surface area contributed by atoms with E-state index in [0.29, 0.717) is 18.4 Å². The summed E-state index contributed by atoms with van der Waals surface area (Å²) in [4.78, 5) is 25.0. The van der Waals surface area contributed by atoms with Gasteiger partial charge < -0.3 is 10.2 Å². The second-order valence-electron chi connectivity index (χ2n) is 6.61. The molecule has 0 aliphatic carbocycles. The Balaban J connectivity index is 1.67. The van der Waals surface area contributed by atoms with Crippen molar-refractivity contribution in [2.24, 2.45) is 0 Å². The lowest BCUT2D eigenvalue weighted by Gasteiger charge is -2.14. The van der Waals surface area contributed by atoms with Crippen LogP contribution in [0.4, 0.5) is 29.3 Å². The third-order valence-electron chi connectivity index (χ3n) is 4.32. The van der Waals surface area contributed by atoms with Gasteiger partial charge in [-0.3, -0.25) is 14.3 Å². The lowest BCUT2D eigenvalue weighted by molar-refractivity contribution is -0.137. The molecule has 0 radical (unpaired) electrons.